The first-order valence-corrected chi connectivity index (χ1v) is 12.0. The quantitative estimate of drug-likeness (QED) is 0.683. The summed E-state index contributed by atoms with van der Waals surface area (Å²) in [6, 6.07) is 5.34. The normalized spacial score (nSPS) is 19.3. The minimum atomic E-state index is -3.66. The highest BCUT2D eigenvalue weighted by Crippen LogP contribution is 2.31. The van der Waals surface area contributed by atoms with Gasteiger partial charge in [0.15, 0.2) is 6.54 Å². The van der Waals surface area contributed by atoms with Crippen molar-refractivity contribution in [3.63, 3.8) is 0 Å². The van der Waals surface area contributed by atoms with Gasteiger partial charge in [0, 0.05) is 18.8 Å². The predicted octanol–water partition coefficient (Wildman–Crippen LogP) is 2.83. The van der Waals surface area contributed by atoms with E-state index in [1.54, 1.807) is 12.1 Å². The number of ether oxygens (including phenoxy) is 1. The molecule has 1 saturated carbocycles. The molecule has 1 N–H and O–H groups in total. The maximum absolute atomic E-state index is 13.1. The number of carbonyl (C=O) groups is 1. The van der Waals surface area contributed by atoms with Crippen molar-refractivity contribution < 1.29 is 22.4 Å². The number of amides is 1. The average molecular weight is 425 g/mol. The van der Waals surface area contributed by atoms with Crippen LogP contribution < -0.4 is 10.1 Å². The van der Waals surface area contributed by atoms with Crippen molar-refractivity contribution in [3.05, 3.63) is 18.2 Å². The molecule has 0 aromatic heterocycles. The van der Waals surface area contributed by atoms with Crippen molar-refractivity contribution in [3.8, 4) is 5.75 Å². The molecule has 0 bridgehead atoms. The van der Waals surface area contributed by atoms with E-state index in [1.807, 2.05) is 0 Å². The van der Waals surface area contributed by atoms with Crippen LogP contribution >= 0.6 is 0 Å². The number of anilines is 1. The summed E-state index contributed by atoms with van der Waals surface area (Å²) in [7, 11) is 1.99. The molecule has 1 heterocycles. The van der Waals surface area contributed by atoms with E-state index in [9.17, 15) is 13.2 Å². The molecule has 1 amide bonds. The van der Waals surface area contributed by atoms with E-state index in [4.69, 9.17) is 4.74 Å². The molecule has 1 aliphatic carbocycles. The molecule has 2 aliphatic rings. The van der Waals surface area contributed by atoms with E-state index >= 15 is 0 Å². The number of carbonyl (C=O) groups excluding carboxylic acids is 1. The number of hydrogen-bond donors (Lipinski definition) is 1. The van der Waals surface area contributed by atoms with Gasteiger partial charge in [-0.15, -0.1) is 0 Å². The van der Waals surface area contributed by atoms with E-state index in [1.165, 1.54) is 30.3 Å². The Morgan fingerprint density at radius 3 is 2.41 bits per heavy atom. The molecule has 3 rings (SSSR count). The highest BCUT2D eigenvalue weighted by atomic mass is 32.2. The monoisotopic (exact) mass is 424 g/mol. The van der Waals surface area contributed by atoms with E-state index in [0.29, 0.717) is 41.6 Å². The summed E-state index contributed by atoms with van der Waals surface area (Å²) in [4.78, 5) is 12.8. The number of likely N-dealkylation sites (N-methyl/N-ethyl adjacent to an activating group) is 1. The van der Waals surface area contributed by atoms with Gasteiger partial charge in [-0.2, -0.15) is 4.31 Å². The molecule has 7 nitrogen and oxygen atoms in total. The zero-order valence-corrected chi connectivity index (χ0v) is 18.6. The second-order valence-corrected chi connectivity index (χ2v) is 10.7. The summed E-state index contributed by atoms with van der Waals surface area (Å²) in [5, 5.41) is 2.90. The molecular weight excluding hydrogens is 390 g/mol. The Morgan fingerprint density at radius 2 is 1.79 bits per heavy atom. The van der Waals surface area contributed by atoms with Gasteiger partial charge in [-0.05, 0) is 56.7 Å². The predicted molar refractivity (Wildman–Crippen MR) is 113 cm³/mol. The second-order valence-electron chi connectivity index (χ2n) is 8.75. The van der Waals surface area contributed by atoms with Gasteiger partial charge >= 0.3 is 0 Å². The average Bonchev–Trinajstić information content (AvgIpc) is 3.24. The number of rotatable bonds is 7. The molecule has 1 aromatic carbocycles. The van der Waals surface area contributed by atoms with Crippen molar-refractivity contribution in [1.29, 1.82) is 0 Å². The topological polar surface area (TPSA) is 75.7 Å². The Morgan fingerprint density at radius 1 is 1.14 bits per heavy atom. The summed E-state index contributed by atoms with van der Waals surface area (Å²) in [5.41, 5.74) is 0.484. The lowest BCUT2D eigenvalue weighted by atomic mass is 10.2. The van der Waals surface area contributed by atoms with E-state index < -0.39 is 10.0 Å². The largest absolute Gasteiger partial charge is 0.495 e. The molecule has 8 heteroatoms. The van der Waals surface area contributed by atoms with E-state index in [0.717, 1.165) is 32.1 Å². The van der Waals surface area contributed by atoms with E-state index in [2.05, 4.69) is 19.4 Å². The minimum absolute atomic E-state index is 0.103. The number of methoxy groups -OCH3 is 1. The highest BCUT2D eigenvalue weighted by molar-refractivity contribution is 7.89. The molecule has 29 heavy (non-hydrogen) atoms. The van der Waals surface area contributed by atoms with Gasteiger partial charge in [-0.25, -0.2) is 8.42 Å². The molecular formula is C21H34N3O4S+. The van der Waals surface area contributed by atoms with Gasteiger partial charge in [0.1, 0.15) is 10.6 Å². The maximum atomic E-state index is 13.1. The highest BCUT2D eigenvalue weighted by Gasteiger charge is 2.33. The molecule has 162 valence electrons. The van der Waals surface area contributed by atoms with Crippen LogP contribution in [0, 0.1) is 0 Å². The lowest BCUT2D eigenvalue weighted by Gasteiger charge is -2.35. The Labute approximate surface area is 174 Å². The van der Waals surface area contributed by atoms with Gasteiger partial charge < -0.3 is 14.5 Å². The number of nitrogens with zero attached hydrogens (tertiary/aromatic N) is 2. The summed E-state index contributed by atoms with van der Waals surface area (Å²) >= 11 is 0. The summed E-state index contributed by atoms with van der Waals surface area (Å²) < 4.78 is 33.8. The second kappa shape index (κ2) is 9.02. The molecule has 1 aromatic rings. The standard InChI is InChI=1S/C21H33N3O4S/c1-24(2,18-9-5-6-10-18)16-21(25)22-17-11-12-19(28-3)20(15-17)29(26,27)23-13-7-4-8-14-23/h11-12,15,18H,4-10,13-14,16H2,1-3H3/p+1. The number of piperidine rings is 1. The van der Waals surface area contributed by atoms with Crippen LogP contribution in [-0.2, 0) is 14.8 Å². The van der Waals surface area contributed by atoms with Crippen LogP contribution in [0.15, 0.2) is 23.1 Å². The third kappa shape index (κ3) is 5.10. The summed E-state index contributed by atoms with van der Waals surface area (Å²) in [6.07, 6.45) is 7.54. The number of quaternary nitrogens is 1. The molecule has 0 unspecified atom stereocenters. The Balaban J connectivity index is 1.76. The zero-order valence-electron chi connectivity index (χ0n) is 17.8. The Bertz CT molecular complexity index is 826. The molecule has 0 spiro atoms. The SMILES string of the molecule is COc1ccc(NC(=O)C[N+](C)(C)C2CCCC2)cc1S(=O)(=O)N1CCCCC1. The van der Waals surface area contributed by atoms with Gasteiger partial charge in [-0.1, -0.05) is 6.42 Å². The van der Waals surface area contributed by atoms with Crippen LogP contribution in [-0.4, -0.2) is 70.0 Å². The van der Waals surface area contributed by atoms with Crippen LogP contribution in [0.1, 0.15) is 44.9 Å². The lowest BCUT2D eigenvalue weighted by molar-refractivity contribution is -0.906. The Hall–Kier alpha value is -1.64. The fraction of sp³-hybridized carbons (Fsp3) is 0.667. The van der Waals surface area contributed by atoms with Gasteiger partial charge in [-0.3, -0.25) is 4.79 Å². The number of benzene rings is 1. The van der Waals surface area contributed by atoms with Gasteiger partial charge in [0.2, 0.25) is 10.0 Å². The van der Waals surface area contributed by atoms with Crippen molar-refractivity contribution in [2.75, 3.05) is 46.2 Å². The number of nitrogens with one attached hydrogen (secondary N) is 1. The first kappa shape index (κ1) is 22.1. The molecule has 1 aliphatic heterocycles. The molecule has 1 saturated heterocycles. The fourth-order valence-corrected chi connectivity index (χ4v) is 6.20. The lowest BCUT2D eigenvalue weighted by Crippen LogP contribution is -2.51. The maximum Gasteiger partial charge on any atom is 0.279 e. The van der Waals surface area contributed by atoms with Crippen LogP contribution in [0.3, 0.4) is 0 Å². The smallest absolute Gasteiger partial charge is 0.279 e. The van der Waals surface area contributed by atoms with Gasteiger partial charge in [0.05, 0.1) is 27.2 Å². The van der Waals surface area contributed by atoms with E-state index in [-0.39, 0.29) is 10.8 Å². The first-order chi connectivity index (χ1) is 13.7. The minimum Gasteiger partial charge on any atom is -0.495 e. The van der Waals surface area contributed by atoms with Gasteiger partial charge in [0.25, 0.3) is 5.91 Å². The van der Waals surface area contributed by atoms with Crippen LogP contribution in [0.25, 0.3) is 0 Å². The third-order valence-corrected chi connectivity index (χ3v) is 8.16. The third-order valence-electron chi connectivity index (χ3n) is 6.24. The number of sulfonamides is 1. The van der Waals surface area contributed by atoms with Crippen molar-refractivity contribution in [2.24, 2.45) is 0 Å². The first-order valence-electron chi connectivity index (χ1n) is 10.5. The Kier molecular flexibility index (Phi) is 6.86. The molecule has 2 fully saturated rings. The fourth-order valence-electron chi connectivity index (χ4n) is 4.50. The van der Waals surface area contributed by atoms with Crippen molar-refractivity contribution >= 4 is 21.6 Å². The summed E-state index contributed by atoms with van der Waals surface area (Å²) in [6.45, 7) is 1.41. The van der Waals surface area contributed by atoms with Crippen molar-refractivity contribution in [2.45, 2.75) is 55.9 Å². The van der Waals surface area contributed by atoms with Crippen LogP contribution in [0.5, 0.6) is 5.75 Å². The van der Waals surface area contributed by atoms with Crippen molar-refractivity contribution in [1.82, 2.24) is 4.31 Å². The number of hydrogen-bond acceptors (Lipinski definition) is 4. The van der Waals surface area contributed by atoms with Crippen LogP contribution in [0.4, 0.5) is 5.69 Å². The molecule has 0 radical (unpaired) electrons. The zero-order chi connectivity index (χ0) is 21.1. The molecule has 0 atom stereocenters. The van der Waals surface area contributed by atoms with Crippen LogP contribution in [0.2, 0.25) is 0 Å². The summed E-state index contributed by atoms with van der Waals surface area (Å²) in [5.74, 6) is 0.198.